The predicted molar refractivity (Wildman–Crippen MR) is 109 cm³/mol. The second-order valence-electron chi connectivity index (χ2n) is 7.72. The zero-order valence-corrected chi connectivity index (χ0v) is 17.1. The number of ketones is 1. The lowest BCUT2D eigenvalue weighted by molar-refractivity contribution is -0.130. The average Bonchev–Trinajstić information content (AvgIpc) is 3.20. The van der Waals surface area contributed by atoms with Crippen LogP contribution in [0.2, 0.25) is 0 Å². The van der Waals surface area contributed by atoms with Crippen molar-refractivity contribution in [1.29, 1.82) is 0 Å². The molecule has 0 aliphatic heterocycles. The lowest BCUT2D eigenvalue weighted by Crippen LogP contribution is -2.45. The highest BCUT2D eigenvalue weighted by Gasteiger charge is 2.27. The van der Waals surface area contributed by atoms with Crippen LogP contribution in [-0.4, -0.2) is 29.8 Å². The fourth-order valence-corrected chi connectivity index (χ4v) is 3.57. The smallest absolute Gasteiger partial charge is 0.375 e. The molecule has 6 nitrogen and oxygen atoms in total. The van der Waals surface area contributed by atoms with Crippen LogP contribution in [0.5, 0.6) is 0 Å². The summed E-state index contributed by atoms with van der Waals surface area (Å²) in [5, 5.41) is 3.00. The van der Waals surface area contributed by atoms with Crippen LogP contribution >= 0.6 is 0 Å². The fraction of sp³-hybridized carbons (Fsp3) is 0.435. The zero-order valence-electron chi connectivity index (χ0n) is 17.1. The second-order valence-corrected chi connectivity index (χ2v) is 7.72. The Hall–Kier alpha value is -2.89. The summed E-state index contributed by atoms with van der Waals surface area (Å²) in [6.07, 6.45) is 3.45. The van der Waals surface area contributed by atoms with Gasteiger partial charge in [-0.25, -0.2) is 4.79 Å². The van der Waals surface area contributed by atoms with Crippen molar-refractivity contribution < 1.29 is 23.5 Å². The van der Waals surface area contributed by atoms with Crippen molar-refractivity contribution in [2.45, 2.75) is 58.6 Å². The number of carbonyl (C=O) groups is 3. The monoisotopic (exact) mass is 397 g/mol. The van der Waals surface area contributed by atoms with Crippen molar-refractivity contribution in [2.75, 3.05) is 0 Å². The first kappa shape index (κ1) is 20.8. The van der Waals surface area contributed by atoms with Crippen LogP contribution in [0, 0.1) is 5.92 Å². The van der Waals surface area contributed by atoms with Crippen molar-refractivity contribution >= 4 is 17.7 Å². The molecule has 0 saturated heterocycles. The third-order valence-electron chi connectivity index (χ3n) is 5.48. The SMILES string of the molecule is CC(=O)c1ccc(-c2ccc(C(=O)O[C@H](C)C(=O)N[C@@H]3CCCC[C@@H]3C)o2)cc1. The lowest BCUT2D eigenvalue weighted by atomic mass is 9.86. The third-order valence-corrected chi connectivity index (χ3v) is 5.48. The van der Waals surface area contributed by atoms with Gasteiger partial charge in [-0.15, -0.1) is 0 Å². The van der Waals surface area contributed by atoms with Crippen LogP contribution in [0.4, 0.5) is 0 Å². The summed E-state index contributed by atoms with van der Waals surface area (Å²) in [5.74, 6) is -0.0473. The Morgan fingerprint density at radius 1 is 1.07 bits per heavy atom. The second kappa shape index (κ2) is 9.07. The Balaban J connectivity index is 1.59. The summed E-state index contributed by atoms with van der Waals surface area (Å²) in [4.78, 5) is 36.1. The maximum absolute atomic E-state index is 12.4. The molecule has 2 aromatic rings. The molecule has 29 heavy (non-hydrogen) atoms. The summed E-state index contributed by atoms with van der Waals surface area (Å²) in [5.41, 5.74) is 1.35. The minimum Gasteiger partial charge on any atom is -0.449 e. The molecule has 1 saturated carbocycles. The number of amides is 1. The maximum Gasteiger partial charge on any atom is 0.375 e. The quantitative estimate of drug-likeness (QED) is 0.577. The van der Waals surface area contributed by atoms with Gasteiger partial charge in [-0.05, 0) is 44.7 Å². The first-order chi connectivity index (χ1) is 13.8. The number of hydrogen-bond donors (Lipinski definition) is 1. The van der Waals surface area contributed by atoms with E-state index in [-0.39, 0.29) is 23.5 Å². The Bertz CT molecular complexity index is 883. The number of esters is 1. The highest BCUT2D eigenvalue weighted by atomic mass is 16.6. The Morgan fingerprint density at radius 3 is 2.41 bits per heavy atom. The van der Waals surface area contributed by atoms with Gasteiger partial charge in [-0.2, -0.15) is 0 Å². The lowest BCUT2D eigenvalue weighted by Gasteiger charge is -2.30. The Labute approximate surface area is 170 Å². The number of ether oxygens (including phenoxy) is 1. The molecule has 1 aromatic heterocycles. The predicted octanol–water partition coefficient (Wildman–Crippen LogP) is 4.39. The van der Waals surface area contributed by atoms with Crippen LogP contribution < -0.4 is 5.32 Å². The van der Waals surface area contributed by atoms with E-state index < -0.39 is 12.1 Å². The normalized spacial score (nSPS) is 20.0. The summed E-state index contributed by atoms with van der Waals surface area (Å²) in [6.45, 7) is 5.20. The van der Waals surface area contributed by atoms with E-state index in [2.05, 4.69) is 12.2 Å². The number of rotatable bonds is 6. The van der Waals surface area contributed by atoms with Crippen LogP contribution in [0.3, 0.4) is 0 Å². The minimum atomic E-state index is -0.903. The Kier molecular flexibility index (Phi) is 6.52. The molecule has 1 amide bonds. The van der Waals surface area contributed by atoms with Gasteiger partial charge >= 0.3 is 5.97 Å². The molecule has 0 spiro atoms. The van der Waals surface area contributed by atoms with Gasteiger partial charge in [-0.1, -0.05) is 44.0 Å². The molecule has 1 aliphatic rings. The summed E-state index contributed by atoms with van der Waals surface area (Å²) < 4.78 is 10.9. The van der Waals surface area contributed by atoms with Gasteiger partial charge < -0.3 is 14.5 Å². The van der Waals surface area contributed by atoms with Crippen molar-refractivity contribution in [1.82, 2.24) is 5.32 Å². The van der Waals surface area contributed by atoms with Gasteiger partial charge in [0.25, 0.3) is 5.91 Å². The molecule has 0 radical (unpaired) electrons. The number of benzene rings is 1. The first-order valence-corrected chi connectivity index (χ1v) is 10.1. The van der Waals surface area contributed by atoms with Crippen molar-refractivity contribution in [2.24, 2.45) is 5.92 Å². The van der Waals surface area contributed by atoms with Crippen molar-refractivity contribution in [3.05, 3.63) is 47.7 Å². The highest BCUT2D eigenvalue weighted by molar-refractivity contribution is 5.94. The largest absolute Gasteiger partial charge is 0.449 e. The van der Waals surface area contributed by atoms with E-state index in [1.807, 2.05) is 0 Å². The first-order valence-electron chi connectivity index (χ1n) is 10.1. The molecule has 1 aromatic carbocycles. The molecule has 3 atom stereocenters. The van der Waals surface area contributed by atoms with E-state index in [0.717, 1.165) is 24.8 Å². The maximum atomic E-state index is 12.4. The molecular formula is C23H27NO5. The van der Waals surface area contributed by atoms with E-state index in [9.17, 15) is 14.4 Å². The molecular weight excluding hydrogens is 370 g/mol. The van der Waals surface area contributed by atoms with Gasteiger partial charge in [0.15, 0.2) is 11.9 Å². The highest BCUT2D eigenvalue weighted by Crippen LogP contribution is 2.25. The number of nitrogens with one attached hydrogen (secondary N) is 1. The van der Waals surface area contributed by atoms with E-state index in [0.29, 0.717) is 17.2 Å². The molecule has 1 fully saturated rings. The van der Waals surface area contributed by atoms with Gasteiger partial charge in [0.05, 0.1) is 0 Å². The van der Waals surface area contributed by atoms with Gasteiger partial charge in [0, 0.05) is 17.2 Å². The van der Waals surface area contributed by atoms with Crippen molar-refractivity contribution in [3.8, 4) is 11.3 Å². The zero-order chi connectivity index (χ0) is 21.0. The molecule has 6 heteroatoms. The minimum absolute atomic E-state index is 0.0184. The average molecular weight is 397 g/mol. The molecule has 3 rings (SSSR count). The van der Waals surface area contributed by atoms with Gasteiger partial charge in [0.2, 0.25) is 5.76 Å². The standard InChI is InChI=1S/C23H27NO5/c1-14-6-4-5-7-19(14)24-22(26)16(3)28-23(27)21-13-12-20(29-21)18-10-8-17(9-11-18)15(2)25/h8-14,16,19H,4-7H2,1-3H3,(H,24,26)/t14-,16+,19+/m0/s1. The van der Waals surface area contributed by atoms with Gasteiger partial charge in [-0.3, -0.25) is 9.59 Å². The number of hydrogen-bond acceptors (Lipinski definition) is 5. The van der Waals surface area contributed by atoms with Crippen molar-refractivity contribution in [3.63, 3.8) is 0 Å². The number of carbonyl (C=O) groups excluding carboxylic acids is 3. The van der Waals surface area contributed by atoms with Crippen LogP contribution in [0.15, 0.2) is 40.8 Å². The molecule has 1 heterocycles. The third kappa shape index (κ3) is 5.13. The molecule has 1 aliphatic carbocycles. The van der Waals surface area contributed by atoms with Crippen LogP contribution in [0.25, 0.3) is 11.3 Å². The fourth-order valence-electron chi connectivity index (χ4n) is 3.57. The van der Waals surface area contributed by atoms with Crippen LogP contribution in [0.1, 0.15) is 67.4 Å². The van der Waals surface area contributed by atoms with Crippen LogP contribution in [-0.2, 0) is 9.53 Å². The molecule has 0 unspecified atom stereocenters. The van der Waals surface area contributed by atoms with E-state index in [1.54, 1.807) is 37.3 Å². The number of Topliss-reactive ketones (excluding diaryl/α,β-unsaturated/α-hetero) is 1. The van der Waals surface area contributed by atoms with E-state index in [1.165, 1.54) is 19.4 Å². The molecule has 1 N–H and O–H groups in total. The topological polar surface area (TPSA) is 85.6 Å². The molecule has 0 bridgehead atoms. The summed E-state index contributed by atoms with van der Waals surface area (Å²) in [6, 6.07) is 10.2. The van der Waals surface area contributed by atoms with Gasteiger partial charge in [0.1, 0.15) is 5.76 Å². The Morgan fingerprint density at radius 2 is 1.76 bits per heavy atom. The van der Waals surface area contributed by atoms with E-state index in [4.69, 9.17) is 9.15 Å². The number of furan rings is 1. The molecule has 154 valence electrons. The summed E-state index contributed by atoms with van der Waals surface area (Å²) >= 11 is 0. The summed E-state index contributed by atoms with van der Waals surface area (Å²) in [7, 11) is 0. The van der Waals surface area contributed by atoms with E-state index >= 15 is 0 Å².